The number of carbonyl (C=O) groups excluding carboxylic acids is 1. The van der Waals surface area contributed by atoms with E-state index in [9.17, 15) is 4.79 Å². The molecule has 0 aliphatic carbocycles. The second-order valence-electron chi connectivity index (χ2n) is 5.70. The van der Waals surface area contributed by atoms with Crippen LogP contribution < -0.4 is 15.2 Å². The van der Waals surface area contributed by atoms with Crippen molar-refractivity contribution in [3.63, 3.8) is 0 Å². The lowest BCUT2D eigenvalue weighted by atomic mass is 9.90. The molecule has 1 aliphatic heterocycles. The van der Waals surface area contributed by atoms with Crippen molar-refractivity contribution in [1.29, 1.82) is 0 Å². The van der Waals surface area contributed by atoms with Gasteiger partial charge in [-0.05, 0) is 41.1 Å². The van der Waals surface area contributed by atoms with Gasteiger partial charge in [0.25, 0.3) is 0 Å². The first-order valence-electron chi connectivity index (χ1n) is 7.97. The summed E-state index contributed by atoms with van der Waals surface area (Å²) in [7, 11) is 3.27. The SMILES string of the molecule is COc1cc2c(cc1OC)C(c1cccs1)N(C(=O)CCN)CC2.Cl. The number of fused-ring (bicyclic) bond motifs is 1. The van der Waals surface area contributed by atoms with Crippen LogP contribution in [-0.4, -0.2) is 38.1 Å². The van der Waals surface area contributed by atoms with Gasteiger partial charge in [0.15, 0.2) is 11.5 Å². The van der Waals surface area contributed by atoms with Gasteiger partial charge in [-0.2, -0.15) is 0 Å². The topological polar surface area (TPSA) is 64.8 Å². The van der Waals surface area contributed by atoms with Crippen LogP contribution in [0.5, 0.6) is 11.5 Å². The summed E-state index contributed by atoms with van der Waals surface area (Å²) in [6.45, 7) is 1.05. The quantitative estimate of drug-likeness (QED) is 0.863. The summed E-state index contributed by atoms with van der Waals surface area (Å²) in [4.78, 5) is 15.7. The van der Waals surface area contributed by atoms with Gasteiger partial charge in [0.2, 0.25) is 5.91 Å². The number of methoxy groups -OCH3 is 2. The largest absolute Gasteiger partial charge is 0.493 e. The van der Waals surface area contributed by atoms with Crippen molar-refractivity contribution >= 4 is 29.7 Å². The van der Waals surface area contributed by atoms with E-state index in [-0.39, 0.29) is 24.4 Å². The molecule has 1 aromatic carbocycles. The summed E-state index contributed by atoms with van der Waals surface area (Å²) in [6.07, 6.45) is 1.17. The molecule has 2 N–H and O–H groups in total. The lowest BCUT2D eigenvalue weighted by molar-refractivity contribution is -0.133. The molecule has 0 saturated carbocycles. The van der Waals surface area contributed by atoms with Crippen LogP contribution in [0.1, 0.15) is 28.5 Å². The minimum Gasteiger partial charge on any atom is -0.493 e. The van der Waals surface area contributed by atoms with Gasteiger partial charge >= 0.3 is 0 Å². The maximum Gasteiger partial charge on any atom is 0.224 e. The number of thiophene rings is 1. The molecule has 0 bridgehead atoms. The van der Waals surface area contributed by atoms with Gasteiger partial charge in [0, 0.05) is 24.4 Å². The molecule has 2 heterocycles. The van der Waals surface area contributed by atoms with E-state index in [1.807, 2.05) is 28.5 Å². The van der Waals surface area contributed by atoms with Crippen LogP contribution in [0.15, 0.2) is 29.6 Å². The maximum atomic E-state index is 12.6. The summed E-state index contributed by atoms with van der Waals surface area (Å²) in [5.41, 5.74) is 7.90. The van der Waals surface area contributed by atoms with E-state index in [2.05, 4.69) is 6.07 Å². The molecule has 1 aliphatic rings. The molecule has 1 atom stereocenters. The monoisotopic (exact) mass is 382 g/mol. The van der Waals surface area contributed by atoms with Gasteiger partial charge in [-0.3, -0.25) is 4.79 Å². The number of benzene rings is 1. The van der Waals surface area contributed by atoms with Crippen LogP contribution in [0, 0.1) is 0 Å². The number of nitrogens with zero attached hydrogens (tertiary/aromatic N) is 1. The number of hydrogen-bond acceptors (Lipinski definition) is 5. The van der Waals surface area contributed by atoms with Crippen molar-refractivity contribution < 1.29 is 14.3 Å². The first-order valence-corrected chi connectivity index (χ1v) is 8.85. The molecule has 0 saturated heterocycles. The van der Waals surface area contributed by atoms with E-state index in [0.29, 0.717) is 25.3 Å². The van der Waals surface area contributed by atoms with Gasteiger partial charge in [-0.15, -0.1) is 23.7 Å². The van der Waals surface area contributed by atoms with Crippen LogP contribution in [-0.2, 0) is 11.2 Å². The second kappa shape index (κ2) is 8.56. The summed E-state index contributed by atoms with van der Waals surface area (Å²) in [5, 5.41) is 2.04. The standard InChI is InChI=1S/C18H22N2O3S.ClH/c1-22-14-10-12-6-8-20(17(21)5-7-19)18(16-4-3-9-24-16)13(12)11-15(14)23-2;/h3-4,9-11,18H,5-8,19H2,1-2H3;1H. The van der Waals surface area contributed by atoms with Crippen LogP contribution >= 0.6 is 23.7 Å². The molecule has 1 aromatic heterocycles. The number of hydrogen-bond donors (Lipinski definition) is 1. The molecular formula is C18H23ClN2O3S. The normalized spacial score (nSPS) is 16.0. The highest BCUT2D eigenvalue weighted by Crippen LogP contribution is 2.42. The zero-order valence-electron chi connectivity index (χ0n) is 14.4. The summed E-state index contributed by atoms with van der Waals surface area (Å²) in [6, 6.07) is 8.03. The molecule has 2 aromatic rings. The molecule has 25 heavy (non-hydrogen) atoms. The number of amides is 1. The van der Waals surface area contributed by atoms with Crippen LogP contribution in [0.25, 0.3) is 0 Å². The Bertz CT molecular complexity index is 721. The van der Waals surface area contributed by atoms with E-state index in [1.54, 1.807) is 25.6 Å². The van der Waals surface area contributed by atoms with Gasteiger partial charge < -0.3 is 20.1 Å². The Morgan fingerprint density at radius 2 is 2.04 bits per heavy atom. The Balaban J connectivity index is 0.00000225. The third kappa shape index (κ3) is 3.76. The highest BCUT2D eigenvalue weighted by Gasteiger charge is 2.33. The fourth-order valence-electron chi connectivity index (χ4n) is 3.24. The Labute approximate surface area is 158 Å². The second-order valence-corrected chi connectivity index (χ2v) is 6.68. The molecule has 0 radical (unpaired) electrons. The van der Waals surface area contributed by atoms with Crippen LogP contribution in [0.3, 0.4) is 0 Å². The van der Waals surface area contributed by atoms with Gasteiger partial charge in [0.1, 0.15) is 0 Å². The van der Waals surface area contributed by atoms with Crippen LogP contribution in [0.2, 0.25) is 0 Å². The molecule has 1 amide bonds. The Morgan fingerprint density at radius 1 is 1.32 bits per heavy atom. The fourth-order valence-corrected chi connectivity index (χ4v) is 4.09. The maximum absolute atomic E-state index is 12.6. The third-order valence-electron chi connectivity index (χ3n) is 4.36. The minimum absolute atomic E-state index is 0. The molecule has 3 rings (SSSR count). The Morgan fingerprint density at radius 3 is 2.64 bits per heavy atom. The van der Waals surface area contributed by atoms with E-state index in [1.165, 1.54) is 5.56 Å². The molecular weight excluding hydrogens is 360 g/mol. The van der Waals surface area contributed by atoms with Gasteiger partial charge in [0.05, 0.1) is 20.3 Å². The van der Waals surface area contributed by atoms with Gasteiger partial charge in [-0.1, -0.05) is 6.07 Å². The lowest BCUT2D eigenvalue weighted by Gasteiger charge is -2.37. The lowest BCUT2D eigenvalue weighted by Crippen LogP contribution is -2.41. The smallest absolute Gasteiger partial charge is 0.224 e. The van der Waals surface area contributed by atoms with Crippen molar-refractivity contribution in [2.75, 3.05) is 27.3 Å². The highest BCUT2D eigenvalue weighted by atomic mass is 35.5. The zero-order chi connectivity index (χ0) is 17.1. The van der Waals surface area contributed by atoms with Crippen molar-refractivity contribution in [1.82, 2.24) is 4.90 Å². The molecule has 7 heteroatoms. The predicted molar refractivity (Wildman–Crippen MR) is 102 cm³/mol. The van der Waals surface area contributed by atoms with E-state index < -0.39 is 0 Å². The van der Waals surface area contributed by atoms with Crippen molar-refractivity contribution in [3.8, 4) is 11.5 Å². The molecule has 0 spiro atoms. The number of carbonyl (C=O) groups is 1. The van der Waals surface area contributed by atoms with Gasteiger partial charge in [-0.25, -0.2) is 0 Å². The zero-order valence-corrected chi connectivity index (χ0v) is 16.0. The summed E-state index contributed by atoms with van der Waals surface area (Å²) >= 11 is 1.66. The number of ether oxygens (including phenoxy) is 2. The number of rotatable bonds is 5. The number of nitrogens with two attached hydrogens (primary N) is 1. The van der Waals surface area contributed by atoms with Crippen molar-refractivity contribution in [2.45, 2.75) is 18.9 Å². The van der Waals surface area contributed by atoms with Crippen LogP contribution in [0.4, 0.5) is 0 Å². The molecule has 1 unspecified atom stereocenters. The molecule has 5 nitrogen and oxygen atoms in total. The number of halogens is 1. The highest BCUT2D eigenvalue weighted by molar-refractivity contribution is 7.10. The van der Waals surface area contributed by atoms with Crippen molar-refractivity contribution in [2.24, 2.45) is 5.73 Å². The third-order valence-corrected chi connectivity index (χ3v) is 5.29. The minimum atomic E-state index is -0.0902. The predicted octanol–water partition coefficient (Wildman–Crippen LogP) is 3.01. The van der Waals surface area contributed by atoms with E-state index >= 15 is 0 Å². The van der Waals surface area contributed by atoms with E-state index in [4.69, 9.17) is 15.2 Å². The first kappa shape index (κ1) is 19.6. The van der Waals surface area contributed by atoms with Crippen molar-refractivity contribution in [3.05, 3.63) is 45.6 Å². The molecule has 0 fully saturated rings. The first-order chi connectivity index (χ1) is 11.7. The molecule has 136 valence electrons. The summed E-state index contributed by atoms with van der Waals surface area (Å²) in [5.74, 6) is 1.50. The summed E-state index contributed by atoms with van der Waals surface area (Å²) < 4.78 is 10.9. The average Bonchev–Trinajstić information content (AvgIpc) is 3.13. The fraction of sp³-hybridized carbons (Fsp3) is 0.389. The van der Waals surface area contributed by atoms with E-state index in [0.717, 1.165) is 22.6 Å². The average molecular weight is 383 g/mol. The Kier molecular flexibility index (Phi) is 6.70. The Hall–Kier alpha value is -1.76.